The summed E-state index contributed by atoms with van der Waals surface area (Å²) in [5.74, 6) is 1.02. The number of nitrogens with zero attached hydrogens (tertiary/aromatic N) is 3. The maximum Gasteiger partial charge on any atom is 0.0948 e. The molecule has 2 aliphatic carbocycles. The molecule has 2 heterocycles. The predicted molar refractivity (Wildman–Crippen MR) is 120 cm³/mol. The normalized spacial score (nSPS) is 30.9. The molecular formula is C24H36N4. The van der Waals surface area contributed by atoms with Gasteiger partial charge < -0.3 is 10.2 Å². The maximum atomic E-state index is 5.35. The quantitative estimate of drug-likeness (QED) is 0.651. The third kappa shape index (κ3) is 4.08. The first-order valence-corrected chi connectivity index (χ1v) is 11.4. The topological polar surface area (TPSA) is 40.0 Å². The first kappa shape index (κ1) is 19.8. The second kappa shape index (κ2) is 9.32. The number of rotatable bonds is 8. The Morgan fingerprint density at radius 3 is 3.00 bits per heavy atom. The van der Waals surface area contributed by atoms with E-state index in [1.807, 2.05) is 0 Å². The molecule has 0 aromatic heterocycles. The third-order valence-corrected chi connectivity index (χ3v) is 6.93. The molecule has 1 N–H and O–H groups in total. The van der Waals surface area contributed by atoms with E-state index < -0.39 is 0 Å². The van der Waals surface area contributed by atoms with Crippen molar-refractivity contribution in [2.45, 2.75) is 58.0 Å². The van der Waals surface area contributed by atoms with Crippen LogP contribution in [0.5, 0.6) is 0 Å². The molecule has 4 aliphatic rings. The van der Waals surface area contributed by atoms with Crippen molar-refractivity contribution in [3.63, 3.8) is 0 Å². The Morgan fingerprint density at radius 1 is 1.25 bits per heavy atom. The SMILES string of the molecule is CCN(CC)CCCNCC1=NC2C3CCCC=C3C=NC2C2=CC=CCC21. The fourth-order valence-electron chi connectivity index (χ4n) is 5.27. The molecule has 0 radical (unpaired) electrons. The van der Waals surface area contributed by atoms with Crippen molar-refractivity contribution in [3.05, 3.63) is 35.5 Å². The van der Waals surface area contributed by atoms with E-state index in [0.29, 0.717) is 17.9 Å². The Kier molecular flexibility index (Phi) is 6.58. The van der Waals surface area contributed by atoms with E-state index in [2.05, 4.69) is 54.6 Å². The van der Waals surface area contributed by atoms with Crippen molar-refractivity contribution < 1.29 is 0 Å². The van der Waals surface area contributed by atoms with Gasteiger partial charge in [-0.2, -0.15) is 0 Å². The summed E-state index contributed by atoms with van der Waals surface area (Å²) in [7, 11) is 0. The van der Waals surface area contributed by atoms with Crippen LogP contribution in [0.2, 0.25) is 0 Å². The van der Waals surface area contributed by atoms with Gasteiger partial charge >= 0.3 is 0 Å². The van der Waals surface area contributed by atoms with E-state index in [1.54, 1.807) is 0 Å². The van der Waals surface area contributed by atoms with E-state index >= 15 is 0 Å². The first-order chi connectivity index (χ1) is 13.8. The molecule has 0 aromatic rings. The number of aliphatic imine (C=N–C) groups is 2. The summed E-state index contributed by atoms with van der Waals surface area (Å²) < 4.78 is 0. The highest BCUT2D eigenvalue weighted by Gasteiger charge is 2.43. The molecule has 0 saturated heterocycles. The van der Waals surface area contributed by atoms with Crippen LogP contribution in [0.3, 0.4) is 0 Å². The molecule has 0 amide bonds. The Labute approximate surface area is 170 Å². The second-order valence-electron chi connectivity index (χ2n) is 8.52. The molecule has 0 fully saturated rings. The molecule has 0 spiro atoms. The molecule has 4 rings (SSSR count). The zero-order valence-electron chi connectivity index (χ0n) is 17.6. The van der Waals surface area contributed by atoms with Gasteiger partial charge in [0, 0.05) is 30.3 Å². The zero-order valence-corrected chi connectivity index (χ0v) is 17.6. The molecule has 4 nitrogen and oxygen atoms in total. The van der Waals surface area contributed by atoms with Crippen LogP contribution in [0, 0.1) is 11.8 Å². The van der Waals surface area contributed by atoms with Crippen molar-refractivity contribution in [1.82, 2.24) is 10.2 Å². The fourth-order valence-corrected chi connectivity index (χ4v) is 5.27. The first-order valence-electron chi connectivity index (χ1n) is 11.4. The van der Waals surface area contributed by atoms with Gasteiger partial charge in [-0.3, -0.25) is 9.98 Å². The van der Waals surface area contributed by atoms with E-state index in [0.717, 1.165) is 32.6 Å². The third-order valence-electron chi connectivity index (χ3n) is 6.93. The fraction of sp³-hybridized carbons (Fsp3) is 0.667. The molecule has 4 heteroatoms. The van der Waals surface area contributed by atoms with E-state index in [4.69, 9.17) is 9.98 Å². The van der Waals surface area contributed by atoms with Gasteiger partial charge in [-0.25, -0.2) is 0 Å². The lowest BCUT2D eigenvalue weighted by molar-refractivity contribution is 0.298. The average molecular weight is 381 g/mol. The molecule has 4 atom stereocenters. The van der Waals surface area contributed by atoms with Crippen molar-refractivity contribution in [2.24, 2.45) is 21.8 Å². The van der Waals surface area contributed by atoms with Crippen molar-refractivity contribution in [2.75, 3.05) is 32.7 Å². The average Bonchev–Trinajstić information content (AvgIpc) is 2.76. The van der Waals surface area contributed by atoms with Crippen LogP contribution in [0.15, 0.2) is 45.4 Å². The number of allylic oxidation sites excluding steroid dienone is 4. The monoisotopic (exact) mass is 380 g/mol. The Bertz CT molecular complexity index is 695. The number of nitrogens with one attached hydrogen (secondary N) is 1. The smallest absolute Gasteiger partial charge is 0.0948 e. The lowest BCUT2D eigenvalue weighted by Crippen LogP contribution is -2.47. The highest BCUT2D eigenvalue weighted by Crippen LogP contribution is 2.42. The van der Waals surface area contributed by atoms with E-state index in [1.165, 1.54) is 49.1 Å². The molecular weight excluding hydrogens is 344 g/mol. The van der Waals surface area contributed by atoms with Crippen LogP contribution in [-0.2, 0) is 0 Å². The van der Waals surface area contributed by atoms with Gasteiger partial charge in [0.15, 0.2) is 0 Å². The van der Waals surface area contributed by atoms with Gasteiger partial charge in [0.1, 0.15) is 0 Å². The summed E-state index contributed by atoms with van der Waals surface area (Å²) >= 11 is 0. The minimum absolute atomic E-state index is 0.265. The molecule has 28 heavy (non-hydrogen) atoms. The maximum absolute atomic E-state index is 5.35. The standard InChI is InChI=1S/C24H36N4/c1-3-28(4-2)15-9-14-25-17-22-20-12-7-8-13-21(20)23-24(27-22)19-11-6-5-10-18(19)16-26-23/h7-8,10,13,16,19-20,23-25H,3-6,9,11-12,14-15,17H2,1-2H3. The van der Waals surface area contributed by atoms with Gasteiger partial charge in [0.2, 0.25) is 0 Å². The van der Waals surface area contributed by atoms with Crippen LogP contribution >= 0.6 is 0 Å². The lowest BCUT2D eigenvalue weighted by Gasteiger charge is -2.43. The van der Waals surface area contributed by atoms with Crippen molar-refractivity contribution in [3.8, 4) is 0 Å². The van der Waals surface area contributed by atoms with Crippen LogP contribution < -0.4 is 5.32 Å². The van der Waals surface area contributed by atoms with Gasteiger partial charge in [-0.05, 0) is 69.4 Å². The summed E-state index contributed by atoms with van der Waals surface area (Å²) in [6, 6.07) is 0.583. The highest BCUT2D eigenvalue weighted by atomic mass is 15.1. The molecule has 4 unspecified atom stereocenters. The summed E-state index contributed by atoms with van der Waals surface area (Å²) in [5, 5.41) is 3.70. The largest absolute Gasteiger partial charge is 0.311 e. The number of hydrogen-bond acceptors (Lipinski definition) is 4. The zero-order chi connectivity index (χ0) is 19.3. The van der Waals surface area contributed by atoms with Crippen molar-refractivity contribution in [1.29, 1.82) is 0 Å². The molecule has 0 bridgehead atoms. The number of hydrogen-bond donors (Lipinski definition) is 1. The van der Waals surface area contributed by atoms with E-state index in [-0.39, 0.29) is 6.04 Å². The van der Waals surface area contributed by atoms with E-state index in [9.17, 15) is 0 Å². The molecule has 2 aliphatic heterocycles. The Morgan fingerprint density at radius 2 is 2.14 bits per heavy atom. The molecule has 0 saturated carbocycles. The molecule has 0 aromatic carbocycles. The predicted octanol–water partition coefficient (Wildman–Crippen LogP) is 3.81. The summed E-state index contributed by atoms with van der Waals surface area (Å²) in [6.45, 7) is 9.95. The van der Waals surface area contributed by atoms with Crippen LogP contribution in [0.25, 0.3) is 0 Å². The van der Waals surface area contributed by atoms with Gasteiger partial charge in [0.05, 0.1) is 12.1 Å². The van der Waals surface area contributed by atoms with Gasteiger partial charge in [0.25, 0.3) is 0 Å². The molecule has 152 valence electrons. The van der Waals surface area contributed by atoms with Gasteiger partial charge in [-0.1, -0.05) is 38.2 Å². The summed E-state index contributed by atoms with van der Waals surface area (Å²) in [6.07, 6.45) is 17.5. The Hall–Kier alpha value is -1.52. The second-order valence-corrected chi connectivity index (χ2v) is 8.52. The highest BCUT2D eigenvalue weighted by molar-refractivity contribution is 5.94. The van der Waals surface area contributed by atoms with Crippen molar-refractivity contribution >= 4 is 11.9 Å². The van der Waals surface area contributed by atoms with Crippen LogP contribution in [0.1, 0.15) is 46.0 Å². The number of fused-ring (bicyclic) bond motifs is 5. The van der Waals surface area contributed by atoms with Gasteiger partial charge in [-0.15, -0.1) is 0 Å². The lowest BCUT2D eigenvalue weighted by atomic mass is 9.70. The Balaban J connectivity index is 1.44. The van der Waals surface area contributed by atoms with Crippen LogP contribution in [0.4, 0.5) is 0 Å². The van der Waals surface area contributed by atoms with Crippen LogP contribution in [-0.4, -0.2) is 61.6 Å². The minimum atomic E-state index is 0.265. The summed E-state index contributed by atoms with van der Waals surface area (Å²) in [5.41, 5.74) is 4.30. The summed E-state index contributed by atoms with van der Waals surface area (Å²) in [4.78, 5) is 12.8. The minimum Gasteiger partial charge on any atom is -0.311 e.